The van der Waals surface area contributed by atoms with Crippen molar-refractivity contribution in [2.24, 2.45) is 5.92 Å². The quantitative estimate of drug-likeness (QED) is 0.809. The van der Waals surface area contributed by atoms with E-state index in [0.717, 1.165) is 5.56 Å². The van der Waals surface area contributed by atoms with E-state index in [1.807, 2.05) is 32.0 Å². The fourth-order valence-corrected chi connectivity index (χ4v) is 2.08. The molecule has 0 radical (unpaired) electrons. The lowest BCUT2D eigenvalue weighted by Gasteiger charge is -2.34. The van der Waals surface area contributed by atoms with Gasteiger partial charge in [0.2, 0.25) is 0 Å². The Bertz CT molecular complexity index is 486. The zero-order valence-corrected chi connectivity index (χ0v) is 12.9. The molecule has 0 saturated carbocycles. The third kappa shape index (κ3) is 4.56. The number of methoxy groups -OCH3 is 1. The standard InChI is InChI=1S/C16H23NO4/c1-11(2)16(3,10-13(18)19)17-15(20)14(21-4)12-8-6-5-7-9-12/h5-9,11,14H,10H2,1-4H3,(H,17,20)(H,18,19). The molecule has 1 aromatic rings. The minimum absolute atomic E-state index is 0.0224. The summed E-state index contributed by atoms with van der Waals surface area (Å²) in [5.74, 6) is -1.30. The number of carbonyl (C=O) groups is 2. The second kappa shape index (κ2) is 7.22. The number of hydrogen-bond acceptors (Lipinski definition) is 3. The summed E-state index contributed by atoms with van der Waals surface area (Å²) in [6.07, 6.45) is -0.889. The van der Waals surface area contributed by atoms with Gasteiger partial charge in [-0.05, 0) is 18.4 Å². The molecule has 5 nitrogen and oxygen atoms in total. The highest BCUT2D eigenvalue weighted by molar-refractivity contribution is 5.83. The molecule has 0 aliphatic rings. The molecule has 0 fully saturated rings. The predicted molar refractivity (Wildman–Crippen MR) is 79.8 cm³/mol. The fraction of sp³-hybridized carbons (Fsp3) is 0.500. The molecule has 21 heavy (non-hydrogen) atoms. The molecule has 0 aliphatic carbocycles. The van der Waals surface area contributed by atoms with E-state index in [2.05, 4.69) is 5.32 Å². The van der Waals surface area contributed by atoms with Crippen molar-refractivity contribution < 1.29 is 19.4 Å². The highest BCUT2D eigenvalue weighted by atomic mass is 16.5. The summed E-state index contributed by atoms with van der Waals surface area (Å²) >= 11 is 0. The topological polar surface area (TPSA) is 75.6 Å². The van der Waals surface area contributed by atoms with Gasteiger partial charge in [-0.25, -0.2) is 0 Å². The van der Waals surface area contributed by atoms with Crippen LogP contribution in [0.3, 0.4) is 0 Å². The average Bonchev–Trinajstić information content (AvgIpc) is 2.39. The van der Waals surface area contributed by atoms with Crippen molar-refractivity contribution in [1.82, 2.24) is 5.32 Å². The molecule has 0 spiro atoms. The Hall–Kier alpha value is -1.88. The molecule has 1 amide bonds. The molecule has 0 aliphatic heterocycles. The number of carboxylic acids is 1. The van der Waals surface area contributed by atoms with Crippen LogP contribution in [0.1, 0.15) is 38.9 Å². The highest BCUT2D eigenvalue weighted by Gasteiger charge is 2.35. The molecule has 2 N–H and O–H groups in total. The van der Waals surface area contributed by atoms with Gasteiger partial charge in [0.05, 0.1) is 12.0 Å². The second-order valence-electron chi connectivity index (χ2n) is 5.66. The van der Waals surface area contributed by atoms with Gasteiger partial charge in [-0.1, -0.05) is 44.2 Å². The average molecular weight is 293 g/mol. The minimum atomic E-state index is -0.944. The van der Waals surface area contributed by atoms with Gasteiger partial charge in [-0.15, -0.1) is 0 Å². The van der Waals surface area contributed by atoms with E-state index in [4.69, 9.17) is 9.84 Å². The van der Waals surface area contributed by atoms with Gasteiger partial charge in [0, 0.05) is 7.11 Å². The van der Waals surface area contributed by atoms with Crippen LogP contribution >= 0.6 is 0 Å². The maximum atomic E-state index is 12.4. The van der Waals surface area contributed by atoms with Crippen molar-refractivity contribution in [3.63, 3.8) is 0 Å². The van der Waals surface area contributed by atoms with E-state index in [0.29, 0.717) is 0 Å². The van der Waals surface area contributed by atoms with Crippen LogP contribution in [0.25, 0.3) is 0 Å². The Labute approximate surface area is 125 Å². The lowest BCUT2D eigenvalue weighted by molar-refractivity contribution is -0.141. The first kappa shape index (κ1) is 17.2. The fourth-order valence-electron chi connectivity index (χ4n) is 2.08. The number of nitrogens with one attached hydrogen (secondary N) is 1. The lowest BCUT2D eigenvalue weighted by Crippen LogP contribution is -2.52. The van der Waals surface area contributed by atoms with Crippen LogP contribution in [0.15, 0.2) is 30.3 Å². The van der Waals surface area contributed by atoms with Gasteiger partial charge >= 0.3 is 5.97 Å². The third-order valence-electron chi connectivity index (χ3n) is 3.78. The van der Waals surface area contributed by atoms with Crippen molar-refractivity contribution in [2.45, 2.75) is 38.8 Å². The molecule has 0 aromatic heterocycles. The Morgan fingerprint density at radius 1 is 1.29 bits per heavy atom. The highest BCUT2D eigenvalue weighted by Crippen LogP contribution is 2.24. The number of hydrogen-bond donors (Lipinski definition) is 2. The summed E-state index contributed by atoms with van der Waals surface area (Å²) in [5.41, 5.74) is -0.0898. The van der Waals surface area contributed by atoms with E-state index in [1.54, 1.807) is 19.1 Å². The molecular weight excluding hydrogens is 270 g/mol. The Balaban J connectivity index is 2.92. The Kier molecular flexibility index (Phi) is 5.90. The molecular formula is C16H23NO4. The van der Waals surface area contributed by atoms with E-state index >= 15 is 0 Å². The molecule has 2 unspecified atom stereocenters. The number of aliphatic carboxylic acids is 1. The van der Waals surface area contributed by atoms with Crippen LogP contribution in [0, 0.1) is 5.92 Å². The van der Waals surface area contributed by atoms with Gasteiger partial charge in [0.1, 0.15) is 0 Å². The maximum absolute atomic E-state index is 12.4. The molecule has 0 heterocycles. The number of carbonyl (C=O) groups excluding carboxylic acids is 1. The van der Waals surface area contributed by atoms with Crippen LogP contribution in [-0.2, 0) is 14.3 Å². The van der Waals surface area contributed by atoms with Crippen LogP contribution in [0.4, 0.5) is 0 Å². The zero-order chi connectivity index (χ0) is 16.0. The van der Waals surface area contributed by atoms with Gasteiger partial charge in [-0.3, -0.25) is 9.59 Å². The number of carboxylic acid groups (broad SMARTS) is 1. The summed E-state index contributed by atoms with van der Waals surface area (Å²) < 4.78 is 5.27. The second-order valence-corrected chi connectivity index (χ2v) is 5.66. The lowest BCUT2D eigenvalue weighted by atomic mass is 9.85. The molecule has 5 heteroatoms. The molecule has 116 valence electrons. The van der Waals surface area contributed by atoms with Crippen LogP contribution in [0.5, 0.6) is 0 Å². The van der Waals surface area contributed by atoms with Crippen LogP contribution in [-0.4, -0.2) is 29.6 Å². The SMILES string of the molecule is COC(C(=O)NC(C)(CC(=O)O)C(C)C)c1ccccc1. The first-order chi connectivity index (χ1) is 9.80. The number of rotatable bonds is 7. The molecule has 0 bridgehead atoms. The largest absolute Gasteiger partial charge is 0.481 e. The molecule has 1 aromatic carbocycles. The van der Waals surface area contributed by atoms with Crippen LogP contribution in [0.2, 0.25) is 0 Å². The number of benzene rings is 1. The Morgan fingerprint density at radius 2 is 1.86 bits per heavy atom. The number of amides is 1. The third-order valence-corrected chi connectivity index (χ3v) is 3.78. The summed E-state index contributed by atoms with van der Waals surface area (Å²) in [6.45, 7) is 5.50. The van der Waals surface area contributed by atoms with Gasteiger partial charge in [-0.2, -0.15) is 0 Å². The molecule has 0 saturated heterocycles. The van der Waals surface area contributed by atoms with Crippen molar-refractivity contribution >= 4 is 11.9 Å². The van der Waals surface area contributed by atoms with E-state index < -0.39 is 17.6 Å². The maximum Gasteiger partial charge on any atom is 0.305 e. The van der Waals surface area contributed by atoms with Crippen molar-refractivity contribution in [3.8, 4) is 0 Å². The minimum Gasteiger partial charge on any atom is -0.481 e. The van der Waals surface area contributed by atoms with Crippen molar-refractivity contribution in [3.05, 3.63) is 35.9 Å². The first-order valence-electron chi connectivity index (χ1n) is 6.91. The van der Waals surface area contributed by atoms with Gasteiger partial charge in [0.25, 0.3) is 5.91 Å². The predicted octanol–water partition coefficient (Wildman–Crippen LogP) is 2.38. The van der Waals surface area contributed by atoms with E-state index in [-0.39, 0.29) is 18.2 Å². The molecule has 2 atom stereocenters. The van der Waals surface area contributed by atoms with Crippen LogP contribution < -0.4 is 5.32 Å². The van der Waals surface area contributed by atoms with E-state index in [9.17, 15) is 9.59 Å². The summed E-state index contributed by atoms with van der Waals surface area (Å²) in [4.78, 5) is 23.5. The summed E-state index contributed by atoms with van der Waals surface area (Å²) in [6, 6.07) is 9.12. The first-order valence-corrected chi connectivity index (χ1v) is 6.91. The van der Waals surface area contributed by atoms with Gasteiger partial charge in [0.15, 0.2) is 6.10 Å². The summed E-state index contributed by atoms with van der Waals surface area (Å²) in [5, 5.41) is 11.9. The number of ether oxygens (including phenoxy) is 1. The summed E-state index contributed by atoms with van der Waals surface area (Å²) in [7, 11) is 1.46. The van der Waals surface area contributed by atoms with Crippen molar-refractivity contribution in [2.75, 3.05) is 7.11 Å². The monoisotopic (exact) mass is 293 g/mol. The smallest absolute Gasteiger partial charge is 0.305 e. The Morgan fingerprint density at radius 3 is 2.29 bits per heavy atom. The normalized spacial score (nSPS) is 15.3. The van der Waals surface area contributed by atoms with Gasteiger partial charge < -0.3 is 15.2 Å². The molecule has 1 rings (SSSR count). The van der Waals surface area contributed by atoms with Crippen molar-refractivity contribution in [1.29, 1.82) is 0 Å². The van der Waals surface area contributed by atoms with E-state index in [1.165, 1.54) is 7.11 Å². The zero-order valence-electron chi connectivity index (χ0n) is 12.9.